The first-order valence-corrected chi connectivity index (χ1v) is 7.08. The number of imidazole rings is 1. The van der Waals surface area contributed by atoms with E-state index in [1.165, 1.54) is 0 Å². The Morgan fingerprint density at radius 1 is 1.33 bits per heavy atom. The Balaban J connectivity index is 2.12. The third-order valence-corrected chi connectivity index (χ3v) is 3.27. The van der Waals surface area contributed by atoms with Crippen molar-refractivity contribution in [2.45, 2.75) is 33.0 Å². The zero-order valence-corrected chi connectivity index (χ0v) is 13.1. The molecule has 0 spiro atoms. The fraction of sp³-hybridized carbons (Fsp3) is 0.438. The first kappa shape index (κ1) is 15.4. The maximum absolute atomic E-state index is 5.96. The highest BCUT2D eigenvalue weighted by Gasteiger charge is 2.08. The second-order valence-corrected chi connectivity index (χ2v) is 5.29. The van der Waals surface area contributed by atoms with Crippen molar-refractivity contribution in [2.24, 2.45) is 7.05 Å². The highest BCUT2D eigenvalue weighted by Crippen LogP contribution is 2.25. The van der Waals surface area contributed by atoms with Gasteiger partial charge < -0.3 is 19.4 Å². The second kappa shape index (κ2) is 7.13. The van der Waals surface area contributed by atoms with Crippen LogP contribution in [0.3, 0.4) is 0 Å². The summed E-state index contributed by atoms with van der Waals surface area (Å²) < 4.78 is 13.2. The van der Waals surface area contributed by atoms with Crippen molar-refractivity contribution >= 4 is 0 Å². The molecule has 0 radical (unpaired) electrons. The van der Waals surface area contributed by atoms with E-state index in [-0.39, 0.29) is 0 Å². The molecule has 2 rings (SSSR count). The maximum atomic E-state index is 5.96. The minimum atomic E-state index is 0.428. The van der Waals surface area contributed by atoms with Gasteiger partial charge in [0.2, 0.25) is 0 Å². The highest BCUT2D eigenvalue weighted by molar-refractivity contribution is 5.40. The molecule has 0 bridgehead atoms. The molecule has 5 nitrogen and oxygen atoms in total. The Labute approximate surface area is 125 Å². The van der Waals surface area contributed by atoms with Crippen LogP contribution < -0.4 is 14.8 Å². The van der Waals surface area contributed by atoms with Gasteiger partial charge in [0, 0.05) is 31.3 Å². The molecule has 0 aliphatic carbocycles. The lowest BCUT2D eigenvalue weighted by Gasteiger charge is -2.15. The minimum absolute atomic E-state index is 0.428. The van der Waals surface area contributed by atoms with Gasteiger partial charge in [-0.05, 0) is 6.07 Å². The van der Waals surface area contributed by atoms with Crippen LogP contribution in [-0.4, -0.2) is 22.7 Å². The van der Waals surface area contributed by atoms with Crippen LogP contribution in [-0.2, 0) is 20.2 Å². The number of ether oxygens (including phenoxy) is 2. The molecule has 1 aromatic heterocycles. The molecule has 0 fully saturated rings. The summed E-state index contributed by atoms with van der Waals surface area (Å²) in [7, 11) is 3.62. The second-order valence-electron chi connectivity index (χ2n) is 5.29. The molecule has 114 valence electrons. The van der Waals surface area contributed by atoms with Crippen LogP contribution in [0.2, 0.25) is 0 Å². The summed E-state index contributed by atoms with van der Waals surface area (Å²) in [5.74, 6) is 1.63. The lowest BCUT2D eigenvalue weighted by molar-refractivity contribution is 0.290. The first-order chi connectivity index (χ1) is 10.1. The van der Waals surface area contributed by atoms with Crippen LogP contribution >= 0.6 is 0 Å². The summed E-state index contributed by atoms with van der Waals surface area (Å²) in [5, 5.41) is 3.41. The van der Waals surface area contributed by atoms with Gasteiger partial charge in [-0.2, -0.15) is 0 Å². The van der Waals surface area contributed by atoms with Crippen LogP contribution in [0.5, 0.6) is 11.5 Å². The molecule has 1 heterocycles. The average molecular weight is 289 g/mol. The Hall–Kier alpha value is -2.01. The predicted molar refractivity (Wildman–Crippen MR) is 82.5 cm³/mol. The van der Waals surface area contributed by atoms with E-state index in [0.717, 1.165) is 29.3 Å². The Bertz CT molecular complexity index is 579. The standard InChI is InChI=1S/C16H23N3O2/c1-12(2)18-8-13-5-6-15(20-4)7-16(13)21-10-14-9-17-11-19(14)3/h5-7,9,11-12,18H,8,10H2,1-4H3. The van der Waals surface area contributed by atoms with Crippen LogP contribution in [0.15, 0.2) is 30.7 Å². The van der Waals surface area contributed by atoms with Gasteiger partial charge in [-0.25, -0.2) is 4.98 Å². The van der Waals surface area contributed by atoms with Gasteiger partial charge >= 0.3 is 0 Å². The normalized spacial score (nSPS) is 10.9. The minimum Gasteiger partial charge on any atom is -0.497 e. The number of hydrogen-bond donors (Lipinski definition) is 1. The molecule has 0 unspecified atom stereocenters. The predicted octanol–water partition coefficient (Wildman–Crippen LogP) is 2.51. The van der Waals surface area contributed by atoms with Crippen LogP contribution in [0.25, 0.3) is 0 Å². The Morgan fingerprint density at radius 3 is 2.76 bits per heavy atom. The summed E-state index contributed by atoms with van der Waals surface area (Å²) in [6.45, 7) is 5.50. The van der Waals surface area contributed by atoms with E-state index >= 15 is 0 Å². The molecule has 0 aliphatic rings. The van der Waals surface area contributed by atoms with E-state index < -0.39 is 0 Å². The third-order valence-electron chi connectivity index (χ3n) is 3.27. The van der Waals surface area contributed by atoms with Gasteiger partial charge in [0.1, 0.15) is 18.1 Å². The third kappa shape index (κ3) is 4.23. The molecule has 1 N–H and O–H groups in total. The molecular formula is C16H23N3O2. The molecule has 5 heteroatoms. The lowest BCUT2D eigenvalue weighted by Crippen LogP contribution is -2.22. The first-order valence-electron chi connectivity index (χ1n) is 7.08. The molecule has 0 saturated heterocycles. The quantitative estimate of drug-likeness (QED) is 0.851. The van der Waals surface area contributed by atoms with Crippen molar-refractivity contribution in [3.63, 3.8) is 0 Å². The van der Waals surface area contributed by atoms with Gasteiger partial charge in [-0.1, -0.05) is 19.9 Å². The van der Waals surface area contributed by atoms with E-state index in [1.54, 1.807) is 13.4 Å². The van der Waals surface area contributed by atoms with Crippen molar-refractivity contribution < 1.29 is 9.47 Å². The van der Waals surface area contributed by atoms with Crippen molar-refractivity contribution in [1.82, 2.24) is 14.9 Å². The summed E-state index contributed by atoms with van der Waals surface area (Å²) in [6, 6.07) is 6.34. The van der Waals surface area contributed by atoms with Crippen molar-refractivity contribution in [3.8, 4) is 11.5 Å². The van der Waals surface area contributed by atoms with E-state index in [1.807, 2.05) is 36.0 Å². The zero-order chi connectivity index (χ0) is 15.2. The van der Waals surface area contributed by atoms with Crippen molar-refractivity contribution in [2.75, 3.05) is 7.11 Å². The SMILES string of the molecule is COc1ccc(CNC(C)C)c(OCc2cncn2C)c1. The molecule has 1 aromatic carbocycles. The summed E-state index contributed by atoms with van der Waals surface area (Å²) in [4.78, 5) is 4.10. The molecule has 2 aromatic rings. The van der Waals surface area contributed by atoms with Crippen LogP contribution in [0, 0.1) is 0 Å². The van der Waals surface area contributed by atoms with E-state index in [9.17, 15) is 0 Å². The monoisotopic (exact) mass is 289 g/mol. The number of hydrogen-bond acceptors (Lipinski definition) is 4. The smallest absolute Gasteiger partial charge is 0.130 e. The summed E-state index contributed by atoms with van der Waals surface area (Å²) in [6.07, 6.45) is 3.58. The molecule has 0 atom stereocenters. The number of aromatic nitrogens is 2. The largest absolute Gasteiger partial charge is 0.497 e. The van der Waals surface area contributed by atoms with Crippen molar-refractivity contribution in [3.05, 3.63) is 42.0 Å². The lowest BCUT2D eigenvalue weighted by atomic mass is 10.2. The van der Waals surface area contributed by atoms with E-state index in [4.69, 9.17) is 9.47 Å². The molecular weight excluding hydrogens is 266 g/mol. The number of nitrogens with one attached hydrogen (secondary N) is 1. The highest BCUT2D eigenvalue weighted by atomic mass is 16.5. The van der Waals surface area contributed by atoms with Crippen LogP contribution in [0.4, 0.5) is 0 Å². The molecule has 0 amide bonds. The van der Waals surface area contributed by atoms with Gasteiger partial charge in [-0.15, -0.1) is 0 Å². The van der Waals surface area contributed by atoms with Gasteiger partial charge in [0.25, 0.3) is 0 Å². The van der Waals surface area contributed by atoms with Gasteiger partial charge in [0.05, 0.1) is 25.3 Å². The fourth-order valence-electron chi connectivity index (χ4n) is 1.93. The Morgan fingerprint density at radius 2 is 2.14 bits per heavy atom. The number of nitrogens with zero attached hydrogens (tertiary/aromatic N) is 2. The molecule has 0 saturated carbocycles. The summed E-state index contributed by atoms with van der Waals surface area (Å²) >= 11 is 0. The summed E-state index contributed by atoms with van der Waals surface area (Å²) in [5.41, 5.74) is 2.15. The fourth-order valence-corrected chi connectivity index (χ4v) is 1.93. The maximum Gasteiger partial charge on any atom is 0.130 e. The molecule has 21 heavy (non-hydrogen) atoms. The van der Waals surface area contributed by atoms with Gasteiger partial charge in [0.15, 0.2) is 0 Å². The number of methoxy groups -OCH3 is 1. The molecule has 0 aliphatic heterocycles. The number of aryl methyl sites for hydroxylation is 1. The van der Waals surface area contributed by atoms with Gasteiger partial charge in [-0.3, -0.25) is 0 Å². The van der Waals surface area contributed by atoms with E-state index in [0.29, 0.717) is 12.6 Å². The van der Waals surface area contributed by atoms with Crippen LogP contribution in [0.1, 0.15) is 25.1 Å². The average Bonchev–Trinajstić information content (AvgIpc) is 2.88. The van der Waals surface area contributed by atoms with E-state index in [2.05, 4.69) is 24.1 Å². The number of benzene rings is 1. The van der Waals surface area contributed by atoms with Crippen molar-refractivity contribution in [1.29, 1.82) is 0 Å². The Kier molecular flexibility index (Phi) is 5.22. The topological polar surface area (TPSA) is 48.3 Å². The zero-order valence-electron chi connectivity index (χ0n) is 13.1. The number of rotatable bonds is 7.